The molecule has 0 spiro atoms. The number of benzene rings is 2. The molecule has 2 aliphatic rings. The highest BCUT2D eigenvalue weighted by Crippen LogP contribution is 2.47. The van der Waals surface area contributed by atoms with Gasteiger partial charge in [0.25, 0.3) is 5.91 Å². The van der Waals surface area contributed by atoms with E-state index in [1.165, 1.54) is 13.2 Å². The summed E-state index contributed by atoms with van der Waals surface area (Å²) in [5.41, 5.74) is 4.87. The SMILES string of the molecule is CCOc1c(CC(N)=O)cc([C@@](O)(CNC(=O)c2cc(OC)c3nn(C4CC4)cc3c2)C2CC2)nc1-c1cc(F)ccc1F. The molecule has 1 atom stereocenters. The van der Waals surface area contributed by atoms with Crippen LogP contribution in [0.15, 0.2) is 42.6 Å². The number of ether oxygens (including phenoxy) is 2. The number of hydrogen-bond acceptors (Lipinski definition) is 7. The van der Waals surface area contributed by atoms with Gasteiger partial charge in [-0.2, -0.15) is 5.10 Å². The number of halogens is 2. The van der Waals surface area contributed by atoms with Crippen LogP contribution in [-0.2, 0) is 16.8 Å². The number of hydrogen-bond donors (Lipinski definition) is 3. The number of pyridine rings is 1. The minimum Gasteiger partial charge on any atom is -0.494 e. The van der Waals surface area contributed by atoms with Crippen molar-refractivity contribution in [2.75, 3.05) is 20.3 Å². The highest BCUT2D eigenvalue weighted by atomic mass is 19.1. The third-order valence-electron chi connectivity index (χ3n) is 8.10. The molecule has 0 unspecified atom stereocenters. The average molecular weight is 606 g/mol. The highest BCUT2D eigenvalue weighted by molar-refractivity contribution is 6.00. The van der Waals surface area contributed by atoms with Crippen LogP contribution in [0.25, 0.3) is 22.2 Å². The Labute approximate surface area is 252 Å². The largest absolute Gasteiger partial charge is 0.494 e. The molecule has 4 aromatic rings. The zero-order valence-electron chi connectivity index (χ0n) is 24.4. The van der Waals surface area contributed by atoms with Gasteiger partial charge in [0.2, 0.25) is 5.91 Å². The summed E-state index contributed by atoms with van der Waals surface area (Å²) in [6.07, 6.45) is 5.00. The van der Waals surface area contributed by atoms with E-state index in [1.54, 1.807) is 19.1 Å². The molecule has 6 rings (SSSR count). The summed E-state index contributed by atoms with van der Waals surface area (Å²) in [7, 11) is 1.51. The van der Waals surface area contributed by atoms with Gasteiger partial charge in [0.1, 0.15) is 39.9 Å². The summed E-state index contributed by atoms with van der Waals surface area (Å²) >= 11 is 0. The monoisotopic (exact) mass is 605 g/mol. The maximum atomic E-state index is 15.0. The fourth-order valence-electron chi connectivity index (χ4n) is 5.55. The predicted molar refractivity (Wildman–Crippen MR) is 157 cm³/mol. The van der Waals surface area contributed by atoms with Gasteiger partial charge in [0, 0.05) is 28.3 Å². The minimum atomic E-state index is -1.70. The Morgan fingerprint density at radius 3 is 2.59 bits per heavy atom. The maximum absolute atomic E-state index is 15.0. The van der Waals surface area contributed by atoms with Crippen LogP contribution in [0, 0.1) is 17.6 Å². The van der Waals surface area contributed by atoms with Crippen molar-refractivity contribution in [3.63, 3.8) is 0 Å². The van der Waals surface area contributed by atoms with Crippen LogP contribution in [0.5, 0.6) is 11.5 Å². The molecule has 4 N–H and O–H groups in total. The Bertz CT molecular complexity index is 1770. The number of aromatic nitrogens is 3. The lowest BCUT2D eigenvalue weighted by atomic mass is 9.90. The molecule has 10 nitrogen and oxygen atoms in total. The van der Waals surface area contributed by atoms with Gasteiger partial charge in [-0.3, -0.25) is 14.3 Å². The second-order valence-electron chi connectivity index (χ2n) is 11.4. The van der Waals surface area contributed by atoms with Crippen LogP contribution in [0.3, 0.4) is 0 Å². The molecule has 2 saturated carbocycles. The van der Waals surface area contributed by atoms with Gasteiger partial charge in [0.15, 0.2) is 0 Å². The quantitative estimate of drug-likeness (QED) is 0.220. The van der Waals surface area contributed by atoms with E-state index in [9.17, 15) is 19.1 Å². The molecular weight excluding hydrogens is 572 g/mol. The molecular formula is C32H33F2N5O5. The van der Waals surface area contributed by atoms with Crippen LogP contribution in [0.1, 0.15) is 60.3 Å². The minimum absolute atomic E-state index is 0.0638. The second-order valence-corrected chi connectivity index (χ2v) is 11.4. The number of amides is 2. The first kappa shape index (κ1) is 29.5. The number of primary amides is 1. The van der Waals surface area contributed by atoms with Crippen LogP contribution >= 0.6 is 0 Å². The standard InChI is InChI=1S/C32H33F2N5O5/c1-3-44-30-17(13-27(35)40)12-26(37-29(30)23-14-21(33)6-9-24(23)34)32(42,20-4-5-20)16-36-31(41)18-10-19-15-39(22-7-8-22)38-28(19)25(11-18)43-2/h6,9-12,14-15,20,22,42H,3-5,7-8,13,16H2,1-2H3,(H2,35,40)(H,36,41)/t32-/m1/s1. The third-order valence-corrected chi connectivity index (χ3v) is 8.10. The van der Waals surface area contributed by atoms with Gasteiger partial charge in [0.05, 0.1) is 38.4 Å². The summed E-state index contributed by atoms with van der Waals surface area (Å²) in [5, 5.41) is 20.3. The lowest BCUT2D eigenvalue weighted by Crippen LogP contribution is -2.43. The third kappa shape index (κ3) is 5.69. The van der Waals surface area contributed by atoms with E-state index in [2.05, 4.69) is 15.4 Å². The summed E-state index contributed by atoms with van der Waals surface area (Å²) in [6.45, 7) is 1.61. The molecule has 2 heterocycles. The Morgan fingerprint density at radius 1 is 1.16 bits per heavy atom. The van der Waals surface area contributed by atoms with Crippen LogP contribution in [0.4, 0.5) is 8.78 Å². The molecule has 2 aromatic carbocycles. The summed E-state index contributed by atoms with van der Waals surface area (Å²) < 4.78 is 42.5. The van der Waals surface area contributed by atoms with Crippen LogP contribution in [-0.4, -0.2) is 51.9 Å². The number of nitrogens with zero attached hydrogens (tertiary/aromatic N) is 3. The van der Waals surface area contributed by atoms with Gasteiger partial charge in [-0.1, -0.05) is 0 Å². The number of nitrogens with two attached hydrogens (primary N) is 1. The predicted octanol–water partition coefficient (Wildman–Crippen LogP) is 4.17. The van der Waals surface area contributed by atoms with E-state index in [4.69, 9.17) is 15.2 Å². The highest BCUT2D eigenvalue weighted by Gasteiger charge is 2.47. The van der Waals surface area contributed by atoms with Gasteiger partial charge in [-0.05, 0) is 74.9 Å². The van der Waals surface area contributed by atoms with Gasteiger partial charge < -0.3 is 25.6 Å². The van der Waals surface area contributed by atoms with Crippen LogP contribution in [0.2, 0.25) is 0 Å². The fourth-order valence-corrected chi connectivity index (χ4v) is 5.55. The number of nitrogens with one attached hydrogen (secondary N) is 1. The first-order valence-corrected chi connectivity index (χ1v) is 14.6. The van der Waals surface area contributed by atoms with Crippen LogP contribution < -0.4 is 20.5 Å². The van der Waals surface area contributed by atoms with Crippen molar-refractivity contribution in [2.24, 2.45) is 11.7 Å². The Hall–Kier alpha value is -4.58. The zero-order valence-corrected chi connectivity index (χ0v) is 24.4. The van der Waals surface area contributed by atoms with E-state index < -0.39 is 29.0 Å². The molecule has 0 bridgehead atoms. The number of fused-ring (bicyclic) bond motifs is 1. The van der Waals surface area contributed by atoms with Crippen molar-refractivity contribution in [2.45, 2.75) is 50.7 Å². The lowest BCUT2D eigenvalue weighted by Gasteiger charge is -2.30. The second kappa shape index (κ2) is 11.5. The Balaban J connectivity index is 1.37. The van der Waals surface area contributed by atoms with E-state index in [0.717, 1.165) is 36.4 Å². The van der Waals surface area contributed by atoms with Gasteiger partial charge >= 0.3 is 0 Å². The summed E-state index contributed by atoms with van der Waals surface area (Å²) in [5.74, 6) is -2.38. The fraction of sp³-hybridized carbons (Fsp3) is 0.375. The molecule has 44 heavy (non-hydrogen) atoms. The summed E-state index contributed by atoms with van der Waals surface area (Å²) in [6, 6.07) is 8.09. The van der Waals surface area contributed by atoms with E-state index in [1.807, 2.05) is 10.9 Å². The average Bonchev–Trinajstić information content (AvgIpc) is 3.94. The van der Waals surface area contributed by atoms with E-state index >= 15 is 4.39 Å². The van der Waals surface area contributed by atoms with Crippen molar-refractivity contribution >= 4 is 22.7 Å². The number of carbonyl (C=O) groups excluding carboxylic acids is 2. The molecule has 2 aromatic heterocycles. The molecule has 2 fully saturated rings. The topological polar surface area (TPSA) is 142 Å². The molecule has 0 radical (unpaired) electrons. The molecule has 2 amide bonds. The van der Waals surface area contributed by atoms with E-state index in [0.29, 0.717) is 35.7 Å². The Morgan fingerprint density at radius 2 is 1.93 bits per heavy atom. The lowest BCUT2D eigenvalue weighted by molar-refractivity contribution is -0.117. The zero-order chi connectivity index (χ0) is 31.2. The summed E-state index contributed by atoms with van der Waals surface area (Å²) in [4.78, 5) is 30.1. The Kier molecular flexibility index (Phi) is 7.70. The van der Waals surface area contributed by atoms with Crippen molar-refractivity contribution in [3.8, 4) is 22.8 Å². The molecule has 2 aliphatic carbocycles. The van der Waals surface area contributed by atoms with Gasteiger partial charge in [-0.15, -0.1) is 0 Å². The first-order chi connectivity index (χ1) is 21.1. The number of rotatable bonds is 12. The molecule has 0 aliphatic heterocycles. The van der Waals surface area contributed by atoms with Crippen molar-refractivity contribution < 1.29 is 33.0 Å². The number of carbonyl (C=O) groups is 2. The smallest absolute Gasteiger partial charge is 0.251 e. The van der Waals surface area contributed by atoms with Crippen molar-refractivity contribution in [3.05, 3.63) is 71.1 Å². The normalized spacial score (nSPS) is 16.0. The van der Waals surface area contributed by atoms with Crippen molar-refractivity contribution in [1.29, 1.82) is 0 Å². The molecule has 0 saturated heterocycles. The maximum Gasteiger partial charge on any atom is 0.251 e. The molecule has 230 valence electrons. The molecule has 12 heteroatoms. The van der Waals surface area contributed by atoms with E-state index in [-0.39, 0.29) is 53.8 Å². The van der Waals surface area contributed by atoms with Crippen molar-refractivity contribution in [1.82, 2.24) is 20.1 Å². The first-order valence-electron chi connectivity index (χ1n) is 14.6. The number of methoxy groups -OCH3 is 1. The van der Waals surface area contributed by atoms with Gasteiger partial charge in [-0.25, -0.2) is 13.8 Å². The number of aliphatic hydroxyl groups is 1.